The number of carbonyl (C=O) groups is 4. The molecule has 30 heavy (non-hydrogen) atoms. The average Bonchev–Trinajstić information content (AvgIpc) is 2.75. The van der Waals surface area contributed by atoms with Crippen LogP contribution in [0.2, 0.25) is 0 Å². The fourth-order valence-electron chi connectivity index (χ4n) is 3.42. The predicted molar refractivity (Wildman–Crippen MR) is 108 cm³/mol. The molecule has 0 saturated carbocycles. The van der Waals surface area contributed by atoms with Gasteiger partial charge in [0.05, 0.1) is 0 Å². The first kappa shape index (κ1) is 19.6. The van der Waals surface area contributed by atoms with E-state index in [1.807, 2.05) is 0 Å². The van der Waals surface area contributed by atoms with E-state index in [0.29, 0.717) is 42.7 Å². The summed E-state index contributed by atoms with van der Waals surface area (Å²) in [7, 11) is 0. The van der Waals surface area contributed by atoms with Gasteiger partial charge in [-0.3, -0.25) is 14.4 Å². The molecule has 0 aromatic heterocycles. The zero-order chi connectivity index (χ0) is 21.1. The highest BCUT2D eigenvalue weighted by Crippen LogP contribution is 2.27. The number of aryl methyl sites for hydroxylation is 2. The molecule has 2 aromatic carbocycles. The van der Waals surface area contributed by atoms with Crippen LogP contribution in [-0.2, 0) is 32.0 Å². The first-order valence-electron chi connectivity index (χ1n) is 9.65. The highest BCUT2D eigenvalue weighted by atomic mass is 16.6. The van der Waals surface area contributed by atoms with Crippen LogP contribution >= 0.6 is 0 Å². The lowest BCUT2D eigenvalue weighted by molar-refractivity contribution is -0.144. The SMILES string of the molecule is O=C1CCc2cc(OCC(=O)OCC(=O)c3ccc4c(c3)CCC(=O)N4)ccc2N1. The third kappa shape index (κ3) is 4.48. The largest absolute Gasteiger partial charge is 0.482 e. The van der Waals surface area contributed by atoms with Gasteiger partial charge < -0.3 is 20.1 Å². The van der Waals surface area contributed by atoms with Crippen molar-refractivity contribution >= 4 is 34.9 Å². The molecular formula is C22H20N2O6. The summed E-state index contributed by atoms with van der Waals surface area (Å²) in [6, 6.07) is 10.2. The molecule has 8 nitrogen and oxygen atoms in total. The van der Waals surface area contributed by atoms with E-state index in [1.54, 1.807) is 36.4 Å². The van der Waals surface area contributed by atoms with Gasteiger partial charge >= 0.3 is 5.97 Å². The Morgan fingerprint density at radius 1 is 0.800 bits per heavy atom. The summed E-state index contributed by atoms with van der Waals surface area (Å²) in [5, 5.41) is 5.53. The van der Waals surface area contributed by atoms with E-state index in [9.17, 15) is 19.2 Å². The van der Waals surface area contributed by atoms with E-state index in [0.717, 1.165) is 16.8 Å². The van der Waals surface area contributed by atoms with Crippen LogP contribution in [0.3, 0.4) is 0 Å². The van der Waals surface area contributed by atoms with Gasteiger partial charge in [-0.15, -0.1) is 0 Å². The van der Waals surface area contributed by atoms with E-state index in [-0.39, 0.29) is 30.8 Å². The normalized spacial score (nSPS) is 14.7. The number of benzene rings is 2. The van der Waals surface area contributed by atoms with Gasteiger partial charge in [-0.1, -0.05) is 0 Å². The Kier molecular flexibility index (Phi) is 5.47. The Morgan fingerprint density at radius 3 is 2.13 bits per heavy atom. The number of carbonyl (C=O) groups excluding carboxylic acids is 4. The maximum absolute atomic E-state index is 12.3. The zero-order valence-corrected chi connectivity index (χ0v) is 16.2. The number of ketones is 1. The van der Waals surface area contributed by atoms with Crippen molar-refractivity contribution in [3.8, 4) is 5.75 Å². The topological polar surface area (TPSA) is 111 Å². The van der Waals surface area contributed by atoms with Crippen molar-refractivity contribution in [1.82, 2.24) is 0 Å². The van der Waals surface area contributed by atoms with Crippen LogP contribution in [0.5, 0.6) is 5.75 Å². The molecule has 154 valence electrons. The monoisotopic (exact) mass is 408 g/mol. The standard InChI is InChI=1S/C22H20N2O6/c25-19(15-1-5-17-13(9-15)2-7-20(26)23-17)11-30-22(28)12-29-16-4-6-18-14(10-16)3-8-21(27)24-18/h1,4-6,9-10H,2-3,7-8,11-12H2,(H,23,26)(H,24,27). The fourth-order valence-corrected chi connectivity index (χ4v) is 3.42. The van der Waals surface area contributed by atoms with Crippen molar-refractivity contribution in [2.75, 3.05) is 23.8 Å². The number of fused-ring (bicyclic) bond motifs is 2. The molecule has 8 heteroatoms. The molecule has 4 rings (SSSR count). The van der Waals surface area contributed by atoms with Crippen LogP contribution in [-0.4, -0.2) is 36.8 Å². The van der Waals surface area contributed by atoms with Gasteiger partial charge in [0.25, 0.3) is 0 Å². The fraction of sp³-hybridized carbons (Fsp3) is 0.273. The highest BCUT2D eigenvalue weighted by molar-refractivity contribution is 6.00. The van der Waals surface area contributed by atoms with Gasteiger partial charge in [0.2, 0.25) is 11.8 Å². The number of anilines is 2. The van der Waals surface area contributed by atoms with Crippen LogP contribution in [0.25, 0.3) is 0 Å². The third-order valence-corrected chi connectivity index (χ3v) is 5.02. The van der Waals surface area contributed by atoms with E-state index >= 15 is 0 Å². The Labute approximate surface area is 172 Å². The molecule has 0 bridgehead atoms. The molecule has 0 spiro atoms. The zero-order valence-electron chi connectivity index (χ0n) is 16.2. The van der Waals surface area contributed by atoms with Gasteiger partial charge in [0, 0.05) is 29.8 Å². The van der Waals surface area contributed by atoms with Crippen LogP contribution in [0.15, 0.2) is 36.4 Å². The number of amides is 2. The molecule has 0 saturated heterocycles. The minimum absolute atomic E-state index is 0.0203. The average molecular weight is 408 g/mol. The quantitative estimate of drug-likeness (QED) is 0.560. The number of nitrogens with one attached hydrogen (secondary N) is 2. The Morgan fingerprint density at radius 2 is 1.43 bits per heavy atom. The smallest absolute Gasteiger partial charge is 0.344 e. The summed E-state index contributed by atoms with van der Waals surface area (Å²) in [5.74, 6) is -0.552. The van der Waals surface area contributed by atoms with Crippen molar-refractivity contribution in [3.63, 3.8) is 0 Å². The first-order valence-corrected chi connectivity index (χ1v) is 9.65. The summed E-state index contributed by atoms with van der Waals surface area (Å²) in [6.45, 7) is -0.710. The molecule has 0 aliphatic carbocycles. The van der Waals surface area contributed by atoms with Crippen LogP contribution in [0.1, 0.15) is 34.3 Å². The van der Waals surface area contributed by atoms with Crippen LogP contribution < -0.4 is 15.4 Å². The van der Waals surface area contributed by atoms with E-state index < -0.39 is 5.97 Å². The Hall–Kier alpha value is -3.68. The number of hydrogen-bond donors (Lipinski definition) is 2. The third-order valence-electron chi connectivity index (χ3n) is 5.02. The molecule has 0 atom stereocenters. The molecule has 0 fully saturated rings. The van der Waals surface area contributed by atoms with E-state index in [1.165, 1.54) is 0 Å². The molecule has 0 radical (unpaired) electrons. The van der Waals surface area contributed by atoms with Crippen molar-refractivity contribution in [2.45, 2.75) is 25.7 Å². The minimum Gasteiger partial charge on any atom is -0.482 e. The lowest BCUT2D eigenvalue weighted by Crippen LogP contribution is -2.21. The number of hydrogen-bond acceptors (Lipinski definition) is 6. The van der Waals surface area contributed by atoms with Crippen molar-refractivity contribution < 1.29 is 28.7 Å². The van der Waals surface area contributed by atoms with Crippen LogP contribution in [0, 0.1) is 0 Å². The molecule has 2 amide bonds. The lowest BCUT2D eigenvalue weighted by Gasteiger charge is -2.17. The molecule has 0 unspecified atom stereocenters. The van der Waals surface area contributed by atoms with Crippen molar-refractivity contribution in [1.29, 1.82) is 0 Å². The maximum Gasteiger partial charge on any atom is 0.344 e. The second-order valence-electron chi connectivity index (χ2n) is 7.16. The lowest BCUT2D eigenvalue weighted by atomic mass is 9.99. The van der Waals surface area contributed by atoms with Crippen molar-refractivity contribution in [2.24, 2.45) is 0 Å². The highest BCUT2D eigenvalue weighted by Gasteiger charge is 2.18. The van der Waals surface area contributed by atoms with Gasteiger partial charge in [-0.05, 0) is 60.4 Å². The van der Waals surface area contributed by atoms with E-state index in [2.05, 4.69) is 10.6 Å². The van der Waals surface area contributed by atoms with E-state index in [4.69, 9.17) is 9.47 Å². The predicted octanol–water partition coefficient (Wildman–Crippen LogP) is 2.26. The van der Waals surface area contributed by atoms with Crippen LogP contribution in [0.4, 0.5) is 11.4 Å². The molecule has 2 aliphatic heterocycles. The summed E-state index contributed by atoms with van der Waals surface area (Å²) in [5.41, 5.74) is 3.71. The molecule has 2 N–H and O–H groups in total. The Balaban J connectivity index is 1.27. The minimum atomic E-state index is -0.653. The number of esters is 1. The summed E-state index contributed by atoms with van der Waals surface area (Å²) < 4.78 is 10.5. The molecular weight excluding hydrogens is 388 g/mol. The van der Waals surface area contributed by atoms with Crippen molar-refractivity contribution in [3.05, 3.63) is 53.1 Å². The number of rotatable bonds is 6. The van der Waals surface area contributed by atoms with Gasteiger partial charge in [-0.25, -0.2) is 4.79 Å². The molecule has 2 heterocycles. The number of Topliss-reactive ketones (excluding diaryl/α,β-unsaturated/α-hetero) is 1. The summed E-state index contributed by atoms with van der Waals surface area (Å²) >= 11 is 0. The second kappa shape index (κ2) is 8.36. The number of ether oxygens (including phenoxy) is 2. The summed E-state index contributed by atoms with van der Waals surface area (Å²) in [4.78, 5) is 47.1. The van der Waals surface area contributed by atoms with Gasteiger partial charge in [0.1, 0.15) is 5.75 Å². The van der Waals surface area contributed by atoms with Gasteiger partial charge in [0.15, 0.2) is 19.0 Å². The first-order chi connectivity index (χ1) is 14.5. The Bertz CT molecular complexity index is 1050. The molecule has 2 aromatic rings. The second-order valence-corrected chi connectivity index (χ2v) is 7.16. The molecule has 2 aliphatic rings. The van der Waals surface area contributed by atoms with Gasteiger partial charge in [-0.2, -0.15) is 0 Å². The maximum atomic E-state index is 12.3. The summed E-state index contributed by atoms with van der Waals surface area (Å²) in [6.07, 6.45) is 1.98.